The maximum absolute atomic E-state index is 11.7. The number of rotatable bonds is 7. The van der Waals surface area contributed by atoms with Gasteiger partial charge in [0.15, 0.2) is 0 Å². The molecule has 1 saturated heterocycles. The minimum Gasteiger partial charge on any atom is -0.462 e. The van der Waals surface area contributed by atoms with Crippen molar-refractivity contribution < 1.29 is 9.53 Å². The number of hydrogen-bond donors (Lipinski definition) is 1. The standard InChI is InChI=1S/C23H27N5O2/c1-3-30-22(29)15-9-25-23(26-10-15)28-13-19-18(20(19)14-28)11-24-8-16-12-27(2)21-7-5-4-6-17(16)21/h4-7,9-10,12,18-20,24H,3,8,11,13-14H2,1-2H3. The first kappa shape index (κ1) is 19.1. The molecule has 3 heterocycles. The first-order valence-electron chi connectivity index (χ1n) is 10.6. The quantitative estimate of drug-likeness (QED) is 0.609. The Balaban J connectivity index is 1.12. The van der Waals surface area contributed by atoms with Crippen molar-refractivity contribution in [2.75, 3.05) is 31.1 Å². The molecule has 7 nitrogen and oxygen atoms in total. The Morgan fingerprint density at radius 3 is 2.67 bits per heavy atom. The van der Waals surface area contributed by atoms with Crippen LogP contribution in [-0.4, -0.2) is 46.7 Å². The van der Waals surface area contributed by atoms with Crippen LogP contribution in [0.5, 0.6) is 0 Å². The van der Waals surface area contributed by atoms with Crippen molar-refractivity contribution in [3.63, 3.8) is 0 Å². The van der Waals surface area contributed by atoms with E-state index in [9.17, 15) is 4.79 Å². The molecular weight excluding hydrogens is 378 g/mol. The van der Waals surface area contributed by atoms with E-state index in [2.05, 4.69) is 62.3 Å². The van der Waals surface area contributed by atoms with E-state index in [-0.39, 0.29) is 5.97 Å². The third-order valence-electron chi connectivity index (χ3n) is 6.48. The van der Waals surface area contributed by atoms with Gasteiger partial charge in [0.05, 0.1) is 12.2 Å². The Bertz CT molecular complexity index is 1050. The molecule has 1 aliphatic carbocycles. The predicted octanol–water partition coefficient (Wildman–Crippen LogP) is 2.62. The van der Waals surface area contributed by atoms with Crippen LogP contribution in [0.25, 0.3) is 10.9 Å². The lowest BCUT2D eigenvalue weighted by Gasteiger charge is -2.19. The van der Waals surface area contributed by atoms with Crippen LogP contribution in [0.15, 0.2) is 42.9 Å². The molecule has 2 aliphatic rings. The molecule has 0 amide bonds. The van der Waals surface area contributed by atoms with Crippen molar-refractivity contribution in [3.05, 3.63) is 54.0 Å². The number of aryl methyl sites for hydroxylation is 1. The van der Waals surface area contributed by atoms with Gasteiger partial charge in [-0.2, -0.15) is 0 Å². The van der Waals surface area contributed by atoms with Crippen LogP contribution in [-0.2, 0) is 18.3 Å². The van der Waals surface area contributed by atoms with Gasteiger partial charge in [0.25, 0.3) is 0 Å². The molecule has 30 heavy (non-hydrogen) atoms. The summed E-state index contributed by atoms with van der Waals surface area (Å²) in [6, 6.07) is 8.56. The number of piperidine rings is 1. The van der Waals surface area contributed by atoms with Crippen LogP contribution in [0.1, 0.15) is 22.8 Å². The predicted molar refractivity (Wildman–Crippen MR) is 115 cm³/mol. The van der Waals surface area contributed by atoms with E-state index in [1.807, 2.05) is 0 Å². The average molecular weight is 406 g/mol. The highest BCUT2D eigenvalue weighted by molar-refractivity contribution is 5.88. The summed E-state index contributed by atoms with van der Waals surface area (Å²) < 4.78 is 7.18. The molecule has 2 aromatic heterocycles. The summed E-state index contributed by atoms with van der Waals surface area (Å²) in [5, 5.41) is 5.00. The number of esters is 1. The zero-order valence-electron chi connectivity index (χ0n) is 17.4. The van der Waals surface area contributed by atoms with Crippen LogP contribution in [0, 0.1) is 17.8 Å². The van der Waals surface area contributed by atoms with Crippen molar-refractivity contribution in [1.82, 2.24) is 19.9 Å². The lowest BCUT2D eigenvalue weighted by Crippen LogP contribution is -2.29. The highest BCUT2D eigenvalue weighted by Crippen LogP contribution is 2.51. The molecule has 1 N–H and O–H groups in total. The second kappa shape index (κ2) is 7.72. The fourth-order valence-electron chi connectivity index (χ4n) is 4.86. The number of fused-ring (bicyclic) bond motifs is 2. The topological polar surface area (TPSA) is 72.3 Å². The number of carbonyl (C=O) groups is 1. The molecule has 2 atom stereocenters. The maximum atomic E-state index is 11.7. The zero-order chi connectivity index (χ0) is 20.7. The first-order valence-corrected chi connectivity index (χ1v) is 10.6. The number of nitrogens with one attached hydrogen (secondary N) is 1. The van der Waals surface area contributed by atoms with E-state index in [1.54, 1.807) is 19.3 Å². The van der Waals surface area contributed by atoms with Crippen LogP contribution in [0.2, 0.25) is 0 Å². The summed E-state index contributed by atoms with van der Waals surface area (Å²) in [6.07, 6.45) is 5.35. The van der Waals surface area contributed by atoms with Gasteiger partial charge in [-0.1, -0.05) is 18.2 Å². The fraction of sp³-hybridized carbons (Fsp3) is 0.435. The Kier molecular flexibility index (Phi) is 4.90. The molecule has 0 spiro atoms. The highest BCUT2D eigenvalue weighted by atomic mass is 16.5. The van der Waals surface area contributed by atoms with Crippen LogP contribution in [0.4, 0.5) is 5.95 Å². The molecule has 1 saturated carbocycles. The average Bonchev–Trinajstić information content (AvgIpc) is 3.09. The van der Waals surface area contributed by atoms with Crippen LogP contribution in [0.3, 0.4) is 0 Å². The van der Waals surface area contributed by atoms with Gasteiger partial charge in [0.1, 0.15) is 0 Å². The third kappa shape index (κ3) is 3.43. The molecular formula is C23H27N5O2. The number of hydrogen-bond acceptors (Lipinski definition) is 6. The molecule has 1 aromatic carbocycles. The normalized spacial score (nSPS) is 22.3. The van der Waals surface area contributed by atoms with E-state index >= 15 is 0 Å². The molecule has 3 aromatic rings. The maximum Gasteiger partial charge on any atom is 0.341 e. The molecule has 156 valence electrons. The Morgan fingerprint density at radius 2 is 1.93 bits per heavy atom. The third-order valence-corrected chi connectivity index (χ3v) is 6.48. The van der Waals surface area contributed by atoms with Crippen molar-refractivity contribution in [1.29, 1.82) is 0 Å². The molecule has 5 rings (SSSR count). The van der Waals surface area contributed by atoms with Gasteiger partial charge >= 0.3 is 5.97 Å². The molecule has 2 unspecified atom stereocenters. The summed E-state index contributed by atoms with van der Waals surface area (Å²) in [6.45, 7) is 6.07. The van der Waals surface area contributed by atoms with Crippen LogP contribution >= 0.6 is 0 Å². The summed E-state index contributed by atoms with van der Waals surface area (Å²) in [5.74, 6) is 2.48. The van der Waals surface area contributed by atoms with Crippen molar-refractivity contribution >= 4 is 22.8 Å². The first-order chi connectivity index (χ1) is 14.7. The number of carbonyl (C=O) groups excluding carboxylic acids is 1. The van der Waals surface area contributed by atoms with E-state index in [0.717, 1.165) is 32.1 Å². The summed E-state index contributed by atoms with van der Waals surface area (Å²) >= 11 is 0. The van der Waals surface area contributed by atoms with Crippen molar-refractivity contribution in [2.24, 2.45) is 24.8 Å². The van der Waals surface area contributed by atoms with Crippen LogP contribution < -0.4 is 10.2 Å². The second-order valence-corrected chi connectivity index (χ2v) is 8.30. The Labute approximate surface area is 176 Å². The molecule has 0 bridgehead atoms. The second-order valence-electron chi connectivity index (χ2n) is 8.30. The van der Waals surface area contributed by atoms with Gasteiger partial charge in [-0.05, 0) is 42.9 Å². The summed E-state index contributed by atoms with van der Waals surface area (Å²) in [7, 11) is 2.10. The largest absolute Gasteiger partial charge is 0.462 e. The lowest BCUT2D eigenvalue weighted by molar-refractivity contribution is 0.0525. The van der Waals surface area contributed by atoms with Gasteiger partial charge in [0.2, 0.25) is 5.95 Å². The highest BCUT2D eigenvalue weighted by Gasteiger charge is 2.55. The van der Waals surface area contributed by atoms with E-state index in [0.29, 0.717) is 30.0 Å². The molecule has 7 heteroatoms. The SMILES string of the molecule is CCOC(=O)c1cnc(N2CC3C(CNCc4cn(C)c5ccccc45)C3C2)nc1. The molecule has 1 aliphatic heterocycles. The smallest absolute Gasteiger partial charge is 0.341 e. The minimum absolute atomic E-state index is 0.353. The summed E-state index contributed by atoms with van der Waals surface area (Å²) in [5.41, 5.74) is 3.04. The number of nitrogens with zero attached hydrogens (tertiary/aromatic N) is 4. The van der Waals surface area contributed by atoms with Gasteiger partial charge in [-0.15, -0.1) is 0 Å². The summed E-state index contributed by atoms with van der Waals surface area (Å²) in [4.78, 5) is 22.7. The number of anilines is 1. The van der Waals surface area contributed by atoms with E-state index < -0.39 is 0 Å². The monoisotopic (exact) mass is 405 g/mol. The minimum atomic E-state index is -0.370. The molecule has 2 fully saturated rings. The lowest BCUT2D eigenvalue weighted by atomic mass is 10.1. The van der Waals surface area contributed by atoms with E-state index in [4.69, 9.17) is 4.74 Å². The Morgan fingerprint density at radius 1 is 1.20 bits per heavy atom. The Hall–Kier alpha value is -2.93. The van der Waals surface area contributed by atoms with Crippen molar-refractivity contribution in [2.45, 2.75) is 13.5 Å². The van der Waals surface area contributed by atoms with Gasteiger partial charge in [-0.25, -0.2) is 14.8 Å². The zero-order valence-corrected chi connectivity index (χ0v) is 17.4. The number of ether oxygens (including phenoxy) is 1. The van der Waals surface area contributed by atoms with Gasteiger partial charge in [0, 0.05) is 56.2 Å². The number of para-hydroxylation sites is 1. The van der Waals surface area contributed by atoms with Crippen molar-refractivity contribution in [3.8, 4) is 0 Å². The van der Waals surface area contributed by atoms with Gasteiger partial charge < -0.3 is 19.5 Å². The number of benzene rings is 1. The van der Waals surface area contributed by atoms with E-state index in [1.165, 1.54) is 16.5 Å². The number of aromatic nitrogens is 3. The fourth-order valence-corrected chi connectivity index (χ4v) is 4.86. The molecule has 0 radical (unpaired) electrons. The van der Waals surface area contributed by atoms with Gasteiger partial charge in [-0.3, -0.25) is 0 Å².